The zero-order chi connectivity index (χ0) is 18.8. The van der Waals surface area contributed by atoms with Crippen molar-refractivity contribution in [1.82, 2.24) is 14.8 Å². The Hall–Kier alpha value is -3.67. The Balaban J connectivity index is 1.72. The number of carbonyl (C=O) groups excluding carboxylic acids is 2. The summed E-state index contributed by atoms with van der Waals surface area (Å²) in [5.41, 5.74) is 2.25. The smallest absolute Gasteiger partial charge is 0.342 e. The minimum Gasteiger partial charge on any atom is -0.445 e. The second-order valence-electron chi connectivity index (χ2n) is 6.21. The van der Waals surface area contributed by atoms with Crippen LogP contribution < -0.4 is 0 Å². The van der Waals surface area contributed by atoms with Gasteiger partial charge in [-0.25, -0.2) is 4.79 Å². The summed E-state index contributed by atoms with van der Waals surface area (Å²) in [7, 11) is 1.71. The Labute approximate surface area is 155 Å². The summed E-state index contributed by atoms with van der Waals surface area (Å²) >= 11 is 0. The molecule has 27 heavy (non-hydrogen) atoms. The number of hydrogen-bond donors (Lipinski definition) is 1. The maximum absolute atomic E-state index is 13.3. The molecule has 0 saturated carbocycles. The predicted octanol–water partition coefficient (Wildman–Crippen LogP) is 3.68. The quantitative estimate of drug-likeness (QED) is 0.436. The van der Waals surface area contributed by atoms with Crippen molar-refractivity contribution in [2.45, 2.75) is 6.10 Å². The number of ketones is 1. The molecule has 1 unspecified atom stereocenters. The summed E-state index contributed by atoms with van der Waals surface area (Å²) in [6.45, 7) is 0. The summed E-state index contributed by atoms with van der Waals surface area (Å²) in [6, 6.07) is 16.5. The molecule has 0 aliphatic carbocycles. The van der Waals surface area contributed by atoms with Crippen molar-refractivity contribution in [3.63, 3.8) is 0 Å². The number of benzene rings is 2. The lowest BCUT2D eigenvalue weighted by Crippen LogP contribution is -2.20. The van der Waals surface area contributed by atoms with E-state index in [0.29, 0.717) is 16.7 Å². The first-order chi connectivity index (χ1) is 13.1. The van der Waals surface area contributed by atoms with E-state index in [1.54, 1.807) is 31.6 Å². The van der Waals surface area contributed by atoms with Crippen molar-refractivity contribution in [2.24, 2.45) is 7.05 Å². The number of hydrogen-bond acceptors (Lipinski definition) is 4. The lowest BCUT2D eigenvalue weighted by atomic mass is 9.99. The highest BCUT2D eigenvalue weighted by molar-refractivity contribution is 6.11. The van der Waals surface area contributed by atoms with Gasteiger partial charge in [-0.3, -0.25) is 9.48 Å². The highest BCUT2D eigenvalue weighted by Gasteiger charge is 2.28. The third-order valence-corrected chi connectivity index (χ3v) is 4.36. The average molecular weight is 359 g/mol. The normalized spacial score (nSPS) is 12.0. The van der Waals surface area contributed by atoms with E-state index in [1.807, 2.05) is 42.5 Å². The fourth-order valence-electron chi connectivity index (χ4n) is 3.02. The first-order valence-electron chi connectivity index (χ1n) is 8.48. The van der Waals surface area contributed by atoms with Crippen molar-refractivity contribution >= 4 is 22.7 Å². The Morgan fingerprint density at radius 1 is 1.07 bits per heavy atom. The summed E-state index contributed by atoms with van der Waals surface area (Å²) in [5, 5.41) is 4.77. The molecule has 1 N–H and O–H groups in total. The van der Waals surface area contributed by atoms with Gasteiger partial charge < -0.3 is 9.72 Å². The van der Waals surface area contributed by atoms with Gasteiger partial charge in [-0.15, -0.1) is 0 Å². The number of nitrogens with one attached hydrogen (secondary N) is 1. The summed E-state index contributed by atoms with van der Waals surface area (Å²) in [4.78, 5) is 28.9. The molecule has 0 amide bonds. The van der Waals surface area contributed by atoms with Gasteiger partial charge in [0.2, 0.25) is 5.78 Å². The molecular formula is C21H17N3O3. The van der Waals surface area contributed by atoms with E-state index in [1.165, 1.54) is 10.9 Å². The Bertz CT molecular complexity index is 1110. The van der Waals surface area contributed by atoms with Gasteiger partial charge in [-0.2, -0.15) is 5.10 Å². The topological polar surface area (TPSA) is 77.0 Å². The number of aromatic amines is 1. The molecule has 0 fully saturated rings. The maximum atomic E-state index is 13.3. The lowest BCUT2D eigenvalue weighted by Gasteiger charge is -2.16. The highest BCUT2D eigenvalue weighted by atomic mass is 16.5. The highest BCUT2D eigenvalue weighted by Crippen LogP contribution is 2.28. The predicted molar refractivity (Wildman–Crippen MR) is 100 cm³/mol. The van der Waals surface area contributed by atoms with E-state index < -0.39 is 12.1 Å². The first-order valence-corrected chi connectivity index (χ1v) is 8.48. The molecule has 0 aliphatic heterocycles. The van der Waals surface area contributed by atoms with Crippen LogP contribution in [0.1, 0.15) is 32.4 Å². The largest absolute Gasteiger partial charge is 0.445 e. The second-order valence-corrected chi connectivity index (χ2v) is 6.21. The number of aromatic nitrogens is 3. The number of para-hydroxylation sites is 1. The zero-order valence-corrected chi connectivity index (χ0v) is 14.6. The molecule has 0 spiro atoms. The molecule has 0 radical (unpaired) electrons. The number of nitrogens with zero attached hydrogens (tertiary/aromatic N) is 2. The molecule has 4 rings (SSSR count). The summed E-state index contributed by atoms with van der Waals surface area (Å²) in [5.74, 6) is -0.874. The van der Waals surface area contributed by atoms with Crippen molar-refractivity contribution < 1.29 is 14.3 Å². The fourth-order valence-corrected chi connectivity index (χ4v) is 3.02. The molecular weight excluding hydrogens is 342 g/mol. The van der Waals surface area contributed by atoms with Crippen LogP contribution in [0, 0.1) is 0 Å². The number of fused-ring (bicyclic) bond motifs is 1. The van der Waals surface area contributed by atoms with Gasteiger partial charge in [0.25, 0.3) is 0 Å². The van der Waals surface area contributed by atoms with Gasteiger partial charge in [0, 0.05) is 41.5 Å². The Kier molecular flexibility index (Phi) is 4.30. The van der Waals surface area contributed by atoms with Crippen LogP contribution in [0.15, 0.2) is 73.2 Å². The summed E-state index contributed by atoms with van der Waals surface area (Å²) in [6.07, 6.45) is 3.58. The van der Waals surface area contributed by atoms with Crippen LogP contribution in [0.2, 0.25) is 0 Å². The van der Waals surface area contributed by atoms with E-state index >= 15 is 0 Å². The molecule has 0 bridgehead atoms. The van der Waals surface area contributed by atoms with Crippen LogP contribution in [0.5, 0.6) is 0 Å². The molecule has 0 saturated heterocycles. The number of rotatable bonds is 5. The first kappa shape index (κ1) is 16.8. The van der Waals surface area contributed by atoms with Crippen LogP contribution >= 0.6 is 0 Å². The van der Waals surface area contributed by atoms with Crippen LogP contribution in [0.4, 0.5) is 0 Å². The molecule has 6 nitrogen and oxygen atoms in total. The van der Waals surface area contributed by atoms with Crippen LogP contribution in [0.3, 0.4) is 0 Å². The molecule has 2 aromatic carbocycles. The van der Waals surface area contributed by atoms with E-state index in [9.17, 15) is 9.59 Å². The lowest BCUT2D eigenvalue weighted by molar-refractivity contribution is 0.0280. The van der Waals surface area contributed by atoms with Gasteiger partial charge in [0.1, 0.15) is 0 Å². The van der Waals surface area contributed by atoms with E-state index in [4.69, 9.17) is 4.74 Å². The molecule has 6 heteroatoms. The third kappa shape index (κ3) is 3.25. The average Bonchev–Trinajstić information content (AvgIpc) is 3.32. The number of aryl methyl sites for hydroxylation is 1. The van der Waals surface area contributed by atoms with Crippen molar-refractivity contribution in [3.8, 4) is 0 Å². The van der Waals surface area contributed by atoms with Gasteiger partial charge in [-0.05, 0) is 6.07 Å². The third-order valence-electron chi connectivity index (χ3n) is 4.36. The Morgan fingerprint density at radius 2 is 1.81 bits per heavy atom. The molecule has 134 valence electrons. The van der Waals surface area contributed by atoms with E-state index in [2.05, 4.69) is 10.1 Å². The van der Waals surface area contributed by atoms with Crippen molar-refractivity contribution in [3.05, 3.63) is 89.9 Å². The fraction of sp³-hybridized carbons (Fsp3) is 0.0952. The molecule has 2 heterocycles. The van der Waals surface area contributed by atoms with Gasteiger partial charge >= 0.3 is 5.97 Å². The minimum atomic E-state index is -1.04. The van der Waals surface area contributed by atoms with Crippen LogP contribution in [-0.4, -0.2) is 26.5 Å². The SMILES string of the molecule is Cn1cc(C(=O)OC(C(=O)c2c[nH]c3ccccc23)c2ccccc2)cn1. The second kappa shape index (κ2) is 6.92. The molecule has 0 aliphatic rings. The molecule has 1 atom stereocenters. The van der Waals surface area contributed by atoms with Crippen LogP contribution in [-0.2, 0) is 11.8 Å². The number of carbonyl (C=O) groups is 2. The number of H-pyrrole nitrogens is 1. The Morgan fingerprint density at radius 3 is 2.56 bits per heavy atom. The van der Waals surface area contributed by atoms with E-state index in [0.717, 1.165) is 10.9 Å². The zero-order valence-electron chi connectivity index (χ0n) is 14.6. The van der Waals surface area contributed by atoms with E-state index in [-0.39, 0.29) is 5.78 Å². The molecule has 2 aromatic heterocycles. The molecule has 4 aromatic rings. The van der Waals surface area contributed by atoms with Crippen molar-refractivity contribution in [1.29, 1.82) is 0 Å². The minimum absolute atomic E-state index is 0.282. The standard InChI is InChI=1S/C21H17N3O3/c1-24-13-15(11-23-24)21(26)27-20(14-7-3-2-4-8-14)19(25)17-12-22-18-10-6-5-9-16(17)18/h2-13,20,22H,1H3. The van der Waals surface area contributed by atoms with Gasteiger partial charge in [-0.1, -0.05) is 48.5 Å². The van der Waals surface area contributed by atoms with Gasteiger partial charge in [0.05, 0.1) is 11.8 Å². The monoisotopic (exact) mass is 359 g/mol. The van der Waals surface area contributed by atoms with Crippen molar-refractivity contribution in [2.75, 3.05) is 0 Å². The summed E-state index contributed by atoms with van der Waals surface area (Å²) < 4.78 is 7.12. The number of ether oxygens (including phenoxy) is 1. The number of esters is 1. The number of Topliss-reactive ketones (excluding diaryl/α,β-unsaturated/α-hetero) is 1. The maximum Gasteiger partial charge on any atom is 0.342 e. The van der Waals surface area contributed by atoms with Gasteiger partial charge in [0.15, 0.2) is 6.10 Å². The van der Waals surface area contributed by atoms with Crippen LogP contribution in [0.25, 0.3) is 10.9 Å².